The molecule has 0 fully saturated rings. The molecule has 1 heterocycles. The maximum absolute atomic E-state index is 15.4. The number of nitrogens with zero attached hydrogens (tertiary/aromatic N) is 2. The molecule has 0 aliphatic heterocycles. The fourth-order valence-corrected chi connectivity index (χ4v) is 3.78. The first-order valence-electron chi connectivity index (χ1n) is 9.31. The Balaban J connectivity index is 2.11. The van der Waals surface area contributed by atoms with E-state index in [1.807, 2.05) is 91.0 Å². The molecule has 0 bridgehead atoms. The van der Waals surface area contributed by atoms with Gasteiger partial charge in [0, 0.05) is 6.20 Å². The molecule has 0 aliphatic rings. The van der Waals surface area contributed by atoms with Crippen molar-refractivity contribution < 1.29 is 4.39 Å². The summed E-state index contributed by atoms with van der Waals surface area (Å²) in [5.74, 6) is 2.43. The highest BCUT2D eigenvalue weighted by Gasteiger charge is 2.40. The first-order valence-corrected chi connectivity index (χ1v) is 9.31. The van der Waals surface area contributed by atoms with Gasteiger partial charge in [0.05, 0.1) is 5.69 Å². The average molecular weight is 378 g/mol. The third-order valence-corrected chi connectivity index (χ3v) is 4.97. The fraction of sp³-hybridized carbons (Fsp3) is 0.0385. The minimum Gasteiger partial charge on any atom is -0.288 e. The predicted octanol–water partition coefficient (Wildman–Crippen LogP) is 5.51. The molecule has 140 valence electrons. The Hall–Kier alpha value is -3.90. The quantitative estimate of drug-likeness (QED) is 0.331. The van der Waals surface area contributed by atoms with E-state index < -0.39 is 11.6 Å². The van der Waals surface area contributed by atoms with Gasteiger partial charge < -0.3 is 0 Å². The summed E-state index contributed by atoms with van der Waals surface area (Å²) in [7, 11) is 0. The Morgan fingerprint density at radius 3 is 1.66 bits per heavy atom. The summed E-state index contributed by atoms with van der Waals surface area (Å²) in [6.45, 7) is 0. The molecule has 0 unspecified atom stereocenters. The maximum atomic E-state index is 15.4. The summed E-state index contributed by atoms with van der Waals surface area (Å²) >= 11 is 0. The van der Waals surface area contributed by atoms with E-state index in [2.05, 4.69) is 10.9 Å². The SMILES string of the molecule is C#C/C=C/c1cn(C(c2ccccc2)(c2ccccc2)c2ccccc2)c(F)n1. The van der Waals surface area contributed by atoms with E-state index in [0.29, 0.717) is 5.69 Å². The number of imidazole rings is 1. The lowest BCUT2D eigenvalue weighted by Gasteiger charge is -2.37. The second-order valence-corrected chi connectivity index (χ2v) is 6.61. The van der Waals surface area contributed by atoms with Crippen molar-refractivity contribution in [3.63, 3.8) is 0 Å². The molecule has 4 aromatic rings. The van der Waals surface area contributed by atoms with Gasteiger partial charge in [-0.1, -0.05) is 96.9 Å². The molecule has 0 N–H and O–H groups in total. The van der Waals surface area contributed by atoms with Gasteiger partial charge >= 0.3 is 0 Å². The van der Waals surface area contributed by atoms with Gasteiger partial charge in [0.15, 0.2) is 0 Å². The number of benzene rings is 3. The van der Waals surface area contributed by atoms with Crippen molar-refractivity contribution in [1.29, 1.82) is 0 Å². The standard InChI is InChI=1S/C26H19FN2/c1-2-3-19-24-20-29(25(27)28-24)26(21-13-7-4-8-14-21,22-15-9-5-10-16-22)23-17-11-6-12-18-23/h1,3-20H/b19-3+. The molecule has 0 radical (unpaired) electrons. The number of hydrogen-bond acceptors (Lipinski definition) is 1. The first-order chi connectivity index (χ1) is 14.3. The Labute approximate surface area is 170 Å². The van der Waals surface area contributed by atoms with Crippen LogP contribution in [0, 0.1) is 18.4 Å². The Bertz CT molecular complexity index is 1060. The molecule has 29 heavy (non-hydrogen) atoms. The molecule has 0 saturated carbocycles. The van der Waals surface area contributed by atoms with Crippen molar-refractivity contribution in [3.8, 4) is 12.3 Å². The predicted molar refractivity (Wildman–Crippen MR) is 115 cm³/mol. The van der Waals surface area contributed by atoms with Gasteiger partial charge in [0.2, 0.25) is 0 Å². The van der Waals surface area contributed by atoms with E-state index >= 15 is 4.39 Å². The number of terminal acetylenes is 1. The van der Waals surface area contributed by atoms with Crippen molar-refractivity contribution in [2.45, 2.75) is 5.54 Å². The van der Waals surface area contributed by atoms with Crippen LogP contribution in [0.25, 0.3) is 6.08 Å². The van der Waals surface area contributed by atoms with Gasteiger partial charge in [-0.2, -0.15) is 4.39 Å². The van der Waals surface area contributed by atoms with E-state index in [0.717, 1.165) is 16.7 Å². The van der Waals surface area contributed by atoms with Crippen LogP contribution in [-0.2, 0) is 5.54 Å². The Morgan fingerprint density at radius 2 is 1.24 bits per heavy atom. The van der Waals surface area contributed by atoms with Crippen LogP contribution in [0.3, 0.4) is 0 Å². The Kier molecular flexibility index (Phi) is 5.09. The van der Waals surface area contributed by atoms with Crippen LogP contribution < -0.4 is 0 Å². The van der Waals surface area contributed by atoms with Gasteiger partial charge in [-0.3, -0.25) is 4.57 Å². The molecule has 0 atom stereocenters. The normalized spacial score (nSPS) is 11.4. The van der Waals surface area contributed by atoms with Crippen molar-refractivity contribution in [2.24, 2.45) is 0 Å². The smallest absolute Gasteiger partial charge is 0.288 e. The van der Waals surface area contributed by atoms with Crippen molar-refractivity contribution in [2.75, 3.05) is 0 Å². The van der Waals surface area contributed by atoms with Crippen LogP contribution in [0.15, 0.2) is 103 Å². The van der Waals surface area contributed by atoms with Crippen LogP contribution in [0.4, 0.5) is 4.39 Å². The van der Waals surface area contributed by atoms with Crippen molar-refractivity contribution >= 4 is 6.08 Å². The third-order valence-electron chi connectivity index (χ3n) is 4.97. The van der Waals surface area contributed by atoms with Crippen LogP contribution in [0.1, 0.15) is 22.4 Å². The zero-order valence-electron chi connectivity index (χ0n) is 15.7. The van der Waals surface area contributed by atoms with Crippen molar-refractivity contribution in [1.82, 2.24) is 9.55 Å². The Morgan fingerprint density at radius 1 is 0.793 bits per heavy atom. The zero-order valence-corrected chi connectivity index (χ0v) is 15.7. The summed E-state index contributed by atoms with van der Waals surface area (Å²) in [6.07, 6.45) is 9.58. The van der Waals surface area contributed by atoms with E-state index in [4.69, 9.17) is 6.42 Å². The molecule has 0 aliphatic carbocycles. The lowest BCUT2D eigenvalue weighted by Crippen LogP contribution is -2.38. The highest BCUT2D eigenvalue weighted by molar-refractivity contribution is 5.53. The topological polar surface area (TPSA) is 17.8 Å². The largest absolute Gasteiger partial charge is 0.291 e. The number of allylic oxidation sites excluding steroid dienone is 1. The van der Waals surface area contributed by atoms with Gasteiger partial charge in [0.25, 0.3) is 6.08 Å². The number of rotatable bonds is 5. The van der Waals surface area contributed by atoms with Gasteiger partial charge in [-0.25, -0.2) is 4.98 Å². The summed E-state index contributed by atoms with van der Waals surface area (Å²) in [5.41, 5.74) is 2.33. The molecule has 0 saturated heterocycles. The monoisotopic (exact) mass is 378 g/mol. The van der Waals surface area contributed by atoms with E-state index in [-0.39, 0.29) is 0 Å². The third kappa shape index (κ3) is 3.26. The van der Waals surface area contributed by atoms with Crippen LogP contribution in [-0.4, -0.2) is 9.55 Å². The highest BCUT2D eigenvalue weighted by atomic mass is 19.1. The van der Waals surface area contributed by atoms with Crippen molar-refractivity contribution in [3.05, 3.63) is 132 Å². The fourth-order valence-electron chi connectivity index (χ4n) is 3.78. The van der Waals surface area contributed by atoms with E-state index in [9.17, 15) is 0 Å². The second-order valence-electron chi connectivity index (χ2n) is 6.61. The molecule has 0 spiro atoms. The molecular formula is C26H19FN2. The van der Waals surface area contributed by atoms with Crippen LogP contribution in [0.2, 0.25) is 0 Å². The molecule has 1 aromatic heterocycles. The zero-order chi connectivity index (χ0) is 20.1. The number of halogens is 1. The molecular weight excluding hydrogens is 359 g/mol. The van der Waals surface area contributed by atoms with E-state index in [1.54, 1.807) is 16.8 Å². The first kappa shape index (κ1) is 18.5. The molecule has 3 aromatic carbocycles. The molecule has 4 rings (SSSR count). The maximum Gasteiger partial charge on any atom is 0.291 e. The summed E-state index contributed by atoms with van der Waals surface area (Å²) in [6, 6.07) is 29.7. The minimum atomic E-state index is -0.927. The van der Waals surface area contributed by atoms with Gasteiger partial charge in [0.1, 0.15) is 5.54 Å². The lowest BCUT2D eigenvalue weighted by molar-refractivity contribution is 0.397. The van der Waals surface area contributed by atoms with Gasteiger partial charge in [-0.15, -0.1) is 6.42 Å². The number of hydrogen-bond donors (Lipinski definition) is 0. The lowest BCUT2D eigenvalue weighted by atomic mass is 9.76. The average Bonchev–Trinajstić information content (AvgIpc) is 3.16. The highest BCUT2D eigenvalue weighted by Crippen LogP contribution is 2.41. The summed E-state index contributed by atoms with van der Waals surface area (Å²) in [4.78, 5) is 4.10. The van der Waals surface area contributed by atoms with Crippen LogP contribution >= 0.6 is 0 Å². The summed E-state index contributed by atoms with van der Waals surface area (Å²) in [5, 5.41) is 0. The van der Waals surface area contributed by atoms with Crippen LogP contribution in [0.5, 0.6) is 0 Å². The number of aromatic nitrogens is 2. The molecule has 0 amide bonds. The molecule has 3 heteroatoms. The van der Waals surface area contributed by atoms with E-state index in [1.165, 1.54) is 6.08 Å². The second kappa shape index (κ2) is 8.00. The van der Waals surface area contributed by atoms with Gasteiger partial charge in [-0.05, 0) is 28.8 Å². The minimum absolute atomic E-state index is 0.465. The molecule has 2 nitrogen and oxygen atoms in total. The summed E-state index contributed by atoms with van der Waals surface area (Å²) < 4.78 is 16.9.